The van der Waals surface area contributed by atoms with E-state index >= 15 is 0 Å². The molecular weight excluding hydrogens is 404 g/mol. The van der Waals surface area contributed by atoms with E-state index < -0.39 is 5.63 Å². The van der Waals surface area contributed by atoms with Crippen LogP contribution in [-0.4, -0.2) is 17.7 Å². The Balaban J connectivity index is 2.39. The van der Waals surface area contributed by atoms with Gasteiger partial charge in [-0.05, 0) is 30.5 Å². The van der Waals surface area contributed by atoms with Crippen LogP contribution in [0.5, 0.6) is 5.75 Å². The Labute approximate surface area is 137 Å². The molecule has 1 aromatic heterocycles. The number of fused-ring (bicyclic) bond motifs is 3. The minimum atomic E-state index is -0.591. The molecule has 0 fully saturated rings. The molecule has 1 aromatic carbocycles. The van der Waals surface area contributed by atoms with Gasteiger partial charge in [0.15, 0.2) is 5.78 Å². The van der Waals surface area contributed by atoms with Gasteiger partial charge in [0, 0.05) is 16.3 Å². The van der Waals surface area contributed by atoms with Crippen molar-refractivity contribution in [3.05, 3.63) is 39.7 Å². The Hall–Kier alpha value is -1.14. The summed E-state index contributed by atoms with van der Waals surface area (Å²) in [7, 11) is 1.55. The number of carbonyl (C=O) groups is 1. The number of ether oxygens (including phenoxy) is 1. The summed E-state index contributed by atoms with van der Waals surface area (Å²) in [6.07, 6.45) is 1.43. The molecule has 110 valence electrons. The molecule has 4 nitrogen and oxygen atoms in total. The third-order valence-corrected chi connectivity index (χ3v) is 5.46. The summed E-state index contributed by atoms with van der Waals surface area (Å²) in [6, 6.07) is 5.28. The number of hydrogen-bond acceptors (Lipinski definition) is 4. The standard InChI is InChI=1S/C15H12Br2O4/c1-20-7-2-3-8-11(6-7)21-15(19)13-12(8)9(16)4-5-10(17)14(13)18/h2-3,6,9-10H,4-5H2,1H3. The van der Waals surface area contributed by atoms with Crippen molar-refractivity contribution < 1.29 is 13.9 Å². The van der Waals surface area contributed by atoms with Gasteiger partial charge < -0.3 is 9.15 Å². The molecule has 1 aliphatic rings. The molecule has 0 saturated heterocycles. The van der Waals surface area contributed by atoms with Crippen molar-refractivity contribution in [2.24, 2.45) is 0 Å². The van der Waals surface area contributed by atoms with E-state index in [1.165, 1.54) is 0 Å². The molecule has 2 unspecified atom stereocenters. The molecule has 2 atom stereocenters. The van der Waals surface area contributed by atoms with Crippen molar-refractivity contribution in [2.45, 2.75) is 22.5 Å². The van der Waals surface area contributed by atoms with Crippen LogP contribution in [0.3, 0.4) is 0 Å². The number of ketones is 1. The predicted molar refractivity (Wildman–Crippen MR) is 87.0 cm³/mol. The molecule has 0 saturated carbocycles. The van der Waals surface area contributed by atoms with Crippen LogP contribution < -0.4 is 10.4 Å². The fourth-order valence-corrected chi connectivity index (χ4v) is 3.85. The van der Waals surface area contributed by atoms with E-state index in [4.69, 9.17) is 9.15 Å². The minimum absolute atomic E-state index is 0.0565. The van der Waals surface area contributed by atoms with Gasteiger partial charge in [0.05, 0.1) is 11.9 Å². The quantitative estimate of drug-likeness (QED) is 0.401. The van der Waals surface area contributed by atoms with E-state index in [9.17, 15) is 9.59 Å². The zero-order valence-electron chi connectivity index (χ0n) is 11.2. The molecule has 3 rings (SSSR count). The number of rotatable bonds is 1. The van der Waals surface area contributed by atoms with Crippen LogP contribution in [0.2, 0.25) is 0 Å². The summed E-state index contributed by atoms with van der Waals surface area (Å²) in [5, 5.41) is 0.766. The summed E-state index contributed by atoms with van der Waals surface area (Å²) >= 11 is 6.95. The number of alkyl halides is 2. The highest BCUT2D eigenvalue weighted by molar-refractivity contribution is 9.10. The third-order valence-electron chi connectivity index (χ3n) is 3.67. The monoisotopic (exact) mass is 414 g/mol. The molecule has 0 bridgehead atoms. The van der Waals surface area contributed by atoms with E-state index in [2.05, 4.69) is 31.9 Å². The molecule has 2 aromatic rings. The number of benzene rings is 1. The first-order valence-electron chi connectivity index (χ1n) is 6.50. The molecule has 0 amide bonds. The average molecular weight is 416 g/mol. The van der Waals surface area contributed by atoms with Crippen molar-refractivity contribution >= 4 is 48.6 Å². The lowest BCUT2D eigenvalue weighted by Gasteiger charge is -2.12. The van der Waals surface area contributed by atoms with Gasteiger partial charge in [0.1, 0.15) is 16.9 Å². The van der Waals surface area contributed by atoms with Crippen LogP contribution in [0.4, 0.5) is 0 Å². The molecule has 0 spiro atoms. The van der Waals surface area contributed by atoms with Crippen molar-refractivity contribution in [1.82, 2.24) is 0 Å². The van der Waals surface area contributed by atoms with Gasteiger partial charge >= 0.3 is 5.63 Å². The van der Waals surface area contributed by atoms with Crippen LogP contribution in [0, 0.1) is 0 Å². The Morgan fingerprint density at radius 2 is 1.90 bits per heavy atom. The first kappa shape index (κ1) is 14.8. The SMILES string of the molecule is COc1ccc2c3c(c(=O)oc2c1)C(=O)C(Br)CCC3Br. The number of Topliss-reactive ketones (excluding diaryl/α,β-unsaturated/α-hetero) is 1. The number of hydrogen-bond donors (Lipinski definition) is 0. The molecule has 1 aliphatic carbocycles. The minimum Gasteiger partial charge on any atom is -0.497 e. The normalized spacial score (nSPS) is 22.0. The summed E-state index contributed by atoms with van der Waals surface area (Å²) in [5.41, 5.74) is 0.708. The number of halogens is 2. The van der Waals surface area contributed by atoms with Gasteiger partial charge in [-0.1, -0.05) is 31.9 Å². The van der Waals surface area contributed by atoms with E-state index in [1.54, 1.807) is 19.2 Å². The van der Waals surface area contributed by atoms with Gasteiger partial charge in [0.25, 0.3) is 0 Å². The van der Waals surface area contributed by atoms with E-state index in [1.807, 2.05) is 6.07 Å². The van der Waals surface area contributed by atoms with E-state index in [-0.39, 0.29) is 21.0 Å². The maximum atomic E-state index is 12.4. The fourth-order valence-electron chi connectivity index (χ4n) is 2.62. The second-order valence-electron chi connectivity index (χ2n) is 4.92. The van der Waals surface area contributed by atoms with Crippen molar-refractivity contribution in [1.29, 1.82) is 0 Å². The van der Waals surface area contributed by atoms with E-state index in [0.717, 1.165) is 17.4 Å². The largest absolute Gasteiger partial charge is 0.497 e. The van der Waals surface area contributed by atoms with Crippen LogP contribution in [-0.2, 0) is 0 Å². The molecule has 6 heteroatoms. The first-order chi connectivity index (χ1) is 10.0. The van der Waals surface area contributed by atoms with Gasteiger partial charge in [-0.25, -0.2) is 4.79 Å². The van der Waals surface area contributed by atoms with Crippen molar-refractivity contribution in [3.63, 3.8) is 0 Å². The van der Waals surface area contributed by atoms with Gasteiger partial charge in [-0.3, -0.25) is 4.79 Å². The summed E-state index contributed by atoms with van der Waals surface area (Å²) in [5.74, 6) is 0.397. The smallest absolute Gasteiger partial charge is 0.347 e. The lowest BCUT2D eigenvalue weighted by atomic mass is 10.00. The van der Waals surface area contributed by atoms with Gasteiger partial charge in [-0.15, -0.1) is 0 Å². The zero-order chi connectivity index (χ0) is 15.1. The topological polar surface area (TPSA) is 56.5 Å². The lowest BCUT2D eigenvalue weighted by Crippen LogP contribution is -2.22. The molecule has 0 N–H and O–H groups in total. The number of methoxy groups -OCH3 is 1. The van der Waals surface area contributed by atoms with Crippen LogP contribution in [0.15, 0.2) is 27.4 Å². The van der Waals surface area contributed by atoms with Gasteiger partial charge in [-0.2, -0.15) is 0 Å². The zero-order valence-corrected chi connectivity index (χ0v) is 14.4. The maximum Gasteiger partial charge on any atom is 0.347 e. The molecular formula is C15H12Br2O4. The summed E-state index contributed by atoms with van der Waals surface area (Å²) in [4.78, 5) is 24.3. The lowest BCUT2D eigenvalue weighted by molar-refractivity contribution is 0.0987. The summed E-state index contributed by atoms with van der Waals surface area (Å²) in [6.45, 7) is 0. The second kappa shape index (κ2) is 5.57. The Bertz CT molecular complexity index is 781. The molecule has 1 heterocycles. The van der Waals surface area contributed by atoms with Crippen LogP contribution in [0.25, 0.3) is 11.0 Å². The molecule has 0 radical (unpaired) electrons. The highest BCUT2D eigenvalue weighted by atomic mass is 79.9. The predicted octanol–water partition coefficient (Wildman–Crippen LogP) is 3.98. The Kier molecular flexibility index (Phi) is 3.92. The first-order valence-corrected chi connectivity index (χ1v) is 8.33. The molecule has 21 heavy (non-hydrogen) atoms. The second-order valence-corrected chi connectivity index (χ2v) is 7.13. The van der Waals surface area contributed by atoms with Gasteiger partial charge in [0.2, 0.25) is 0 Å². The highest BCUT2D eigenvalue weighted by Gasteiger charge is 2.32. The van der Waals surface area contributed by atoms with Crippen molar-refractivity contribution in [3.8, 4) is 5.75 Å². The van der Waals surface area contributed by atoms with E-state index in [0.29, 0.717) is 17.8 Å². The third kappa shape index (κ3) is 2.44. The average Bonchev–Trinajstić information content (AvgIpc) is 2.59. The Morgan fingerprint density at radius 1 is 1.19 bits per heavy atom. The maximum absolute atomic E-state index is 12.4. The van der Waals surface area contributed by atoms with Crippen LogP contribution >= 0.6 is 31.9 Å². The highest BCUT2D eigenvalue weighted by Crippen LogP contribution is 2.40. The fraction of sp³-hybridized carbons (Fsp3) is 0.333. The Morgan fingerprint density at radius 3 is 2.62 bits per heavy atom. The number of carbonyl (C=O) groups excluding carboxylic acids is 1. The van der Waals surface area contributed by atoms with Crippen molar-refractivity contribution in [2.75, 3.05) is 7.11 Å². The molecule has 0 aliphatic heterocycles. The summed E-state index contributed by atoms with van der Waals surface area (Å²) < 4.78 is 10.5. The van der Waals surface area contributed by atoms with Crippen LogP contribution in [0.1, 0.15) is 33.6 Å².